The van der Waals surface area contributed by atoms with Crippen molar-refractivity contribution in [2.75, 3.05) is 44.4 Å². The standard InChI is InChI=1S/C29H35N3O9/c30-28(38)22-25(35)23(31-15-4-9-41-10-5-15)17-13-14-12-16-18(32-6-1-8-40-11-7-32)2-3-19(33)21(16)24(34)20(14)26(36)29(17,39)27(22)37/h2-3,14-15,17,23,31,33-34,37,39H,1,4-13H2,(H2,30,38). The Labute approximate surface area is 236 Å². The van der Waals surface area contributed by atoms with Crippen LogP contribution in [0.2, 0.25) is 0 Å². The molecule has 1 saturated carbocycles. The van der Waals surface area contributed by atoms with Crippen molar-refractivity contribution in [3.63, 3.8) is 0 Å². The van der Waals surface area contributed by atoms with E-state index in [0.717, 1.165) is 12.1 Å². The van der Waals surface area contributed by atoms with Crippen LogP contribution in [0.1, 0.15) is 36.8 Å². The average molecular weight is 570 g/mol. The quantitative estimate of drug-likeness (QED) is 0.275. The van der Waals surface area contributed by atoms with Gasteiger partial charge in [0.05, 0.1) is 18.2 Å². The Morgan fingerprint density at radius 3 is 2.51 bits per heavy atom. The second-order valence-corrected chi connectivity index (χ2v) is 11.5. The second kappa shape index (κ2) is 10.4. The molecule has 6 rings (SSSR count). The summed E-state index contributed by atoms with van der Waals surface area (Å²) < 4.78 is 11.0. The maximum Gasteiger partial charge on any atom is 0.255 e. The van der Waals surface area contributed by atoms with Crippen molar-refractivity contribution in [2.24, 2.45) is 17.6 Å². The van der Waals surface area contributed by atoms with E-state index in [0.29, 0.717) is 57.9 Å². The number of anilines is 1. The number of Topliss-reactive ketones (excluding diaryl/α,β-unsaturated/α-hetero) is 2. The molecule has 41 heavy (non-hydrogen) atoms. The zero-order chi connectivity index (χ0) is 29.1. The Balaban J connectivity index is 1.47. The number of ether oxygens (including phenoxy) is 2. The number of fused-ring (bicyclic) bond motifs is 3. The molecule has 3 fully saturated rings. The van der Waals surface area contributed by atoms with E-state index in [4.69, 9.17) is 15.2 Å². The number of ketones is 2. The third kappa shape index (κ3) is 4.32. The highest BCUT2D eigenvalue weighted by Gasteiger charge is 2.64. The number of nitrogens with zero attached hydrogens (tertiary/aromatic N) is 1. The molecule has 2 heterocycles. The van der Waals surface area contributed by atoms with Crippen molar-refractivity contribution < 1.29 is 44.3 Å². The lowest BCUT2D eigenvalue weighted by Crippen LogP contribution is -2.67. The minimum Gasteiger partial charge on any atom is -0.508 e. The summed E-state index contributed by atoms with van der Waals surface area (Å²) in [6.45, 7) is 3.40. The van der Waals surface area contributed by atoms with Gasteiger partial charge in [-0.25, -0.2) is 0 Å². The molecule has 4 atom stereocenters. The Hall–Kier alpha value is -3.45. The summed E-state index contributed by atoms with van der Waals surface area (Å²) >= 11 is 0. The van der Waals surface area contributed by atoms with Gasteiger partial charge in [-0.05, 0) is 55.7 Å². The van der Waals surface area contributed by atoms with Crippen LogP contribution in [0.3, 0.4) is 0 Å². The summed E-state index contributed by atoms with van der Waals surface area (Å²) in [4.78, 5) is 42.1. The number of aliphatic hydroxyl groups excluding tert-OH is 2. The van der Waals surface area contributed by atoms with Gasteiger partial charge in [0, 0.05) is 56.1 Å². The highest BCUT2D eigenvalue weighted by atomic mass is 16.5. The molecule has 0 radical (unpaired) electrons. The molecule has 3 aliphatic carbocycles. The summed E-state index contributed by atoms with van der Waals surface area (Å²) in [5, 5.41) is 48.5. The van der Waals surface area contributed by atoms with E-state index in [9.17, 15) is 34.8 Å². The highest BCUT2D eigenvalue weighted by Crippen LogP contribution is 2.53. The van der Waals surface area contributed by atoms with Crippen LogP contribution >= 0.6 is 0 Å². The molecule has 5 aliphatic rings. The zero-order valence-corrected chi connectivity index (χ0v) is 22.6. The fourth-order valence-corrected chi connectivity index (χ4v) is 7.25. The minimum atomic E-state index is -2.67. The van der Waals surface area contributed by atoms with E-state index in [2.05, 4.69) is 10.2 Å². The highest BCUT2D eigenvalue weighted by molar-refractivity contribution is 6.24. The van der Waals surface area contributed by atoms with Gasteiger partial charge in [-0.1, -0.05) is 0 Å². The first kappa shape index (κ1) is 27.7. The lowest BCUT2D eigenvalue weighted by atomic mass is 9.57. The number of aromatic hydroxyl groups is 1. The third-order valence-electron chi connectivity index (χ3n) is 9.26. The van der Waals surface area contributed by atoms with Gasteiger partial charge in [0.2, 0.25) is 5.78 Å². The third-order valence-corrected chi connectivity index (χ3v) is 9.26. The summed E-state index contributed by atoms with van der Waals surface area (Å²) in [5.41, 5.74) is 3.35. The van der Waals surface area contributed by atoms with Crippen LogP contribution in [-0.4, -0.2) is 95.1 Å². The first-order chi connectivity index (χ1) is 19.6. The number of nitrogens with two attached hydrogens (primary N) is 1. The van der Waals surface area contributed by atoms with Gasteiger partial charge < -0.3 is 45.9 Å². The Morgan fingerprint density at radius 1 is 1.05 bits per heavy atom. The number of hydrogen-bond acceptors (Lipinski definition) is 11. The van der Waals surface area contributed by atoms with E-state index < -0.39 is 58.0 Å². The van der Waals surface area contributed by atoms with Crippen LogP contribution in [-0.2, 0) is 30.3 Å². The number of primary amides is 1. The van der Waals surface area contributed by atoms with E-state index in [1.807, 2.05) is 0 Å². The number of carbonyl (C=O) groups is 3. The number of phenols is 1. The predicted octanol–water partition coefficient (Wildman–Crippen LogP) is 0.398. The van der Waals surface area contributed by atoms with Crippen LogP contribution < -0.4 is 16.0 Å². The van der Waals surface area contributed by atoms with E-state index >= 15 is 0 Å². The van der Waals surface area contributed by atoms with Gasteiger partial charge in [-0.3, -0.25) is 14.4 Å². The molecular formula is C29H35N3O9. The Bertz CT molecular complexity index is 1360. The molecule has 1 aromatic carbocycles. The Kier molecular flexibility index (Phi) is 7.05. The number of benzene rings is 1. The predicted molar refractivity (Wildman–Crippen MR) is 145 cm³/mol. The van der Waals surface area contributed by atoms with E-state index in [1.54, 1.807) is 6.07 Å². The number of nitrogens with one attached hydrogen (secondary N) is 1. The smallest absolute Gasteiger partial charge is 0.255 e. The Morgan fingerprint density at radius 2 is 1.78 bits per heavy atom. The van der Waals surface area contributed by atoms with E-state index in [1.165, 1.54) is 6.07 Å². The van der Waals surface area contributed by atoms with Gasteiger partial charge in [-0.15, -0.1) is 0 Å². The fourth-order valence-electron chi connectivity index (χ4n) is 7.25. The van der Waals surface area contributed by atoms with Crippen LogP contribution in [0.15, 0.2) is 29.0 Å². The molecule has 220 valence electrons. The summed E-state index contributed by atoms with van der Waals surface area (Å²) in [6.07, 6.45) is 2.25. The lowest BCUT2D eigenvalue weighted by Gasteiger charge is -2.50. The number of rotatable bonds is 4. The molecule has 2 saturated heterocycles. The van der Waals surface area contributed by atoms with Crippen LogP contribution in [0, 0.1) is 11.8 Å². The summed E-state index contributed by atoms with van der Waals surface area (Å²) in [6, 6.07) is 1.88. The van der Waals surface area contributed by atoms with E-state index in [-0.39, 0.29) is 35.8 Å². The normalized spacial score (nSPS) is 31.0. The molecule has 7 N–H and O–H groups in total. The van der Waals surface area contributed by atoms with Gasteiger partial charge >= 0.3 is 0 Å². The largest absolute Gasteiger partial charge is 0.508 e. The molecular weight excluding hydrogens is 534 g/mol. The number of carbonyl (C=O) groups excluding carboxylic acids is 3. The van der Waals surface area contributed by atoms with Gasteiger partial charge in [0.1, 0.15) is 22.8 Å². The summed E-state index contributed by atoms with van der Waals surface area (Å²) in [7, 11) is 0. The molecule has 0 spiro atoms. The maximum absolute atomic E-state index is 14.1. The molecule has 1 aromatic rings. The monoisotopic (exact) mass is 569 g/mol. The molecule has 2 aliphatic heterocycles. The molecule has 1 amide bonds. The van der Waals surface area contributed by atoms with Crippen molar-refractivity contribution in [3.8, 4) is 5.75 Å². The fraction of sp³-hybridized carbons (Fsp3) is 0.552. The van der Waals surface area contributed by atoms with Crippen molar-refractivity contribution in [2.45, 2.75) is 49.8 Å². The number of phenolic OH excluding ortho intramolecular Hbond substituents is 1. The topological polar surface area (TPSA) is 192 Å². The molecule has 12 heteroatoms. The van der Waals surface area contributed by atoms with Gasteiger partial charge in [0.25, 0.3) is 5.91 Å². The van der Waals surface area contributed by atoms with Crippen molar-refractivity contribution in [1.82, 2.24) is 5.32 Å². The minimum absolute atomic E-state index is 0.0437. The van der Waals surface area contributed by atoms with Gasteiger partial charge in [0.15, 0.2) is 11.4 Å². The maximum atomic E-state index is 14.1. The zero-order valence-electron chi connectivity index (χ0n) is 22.6. The van der Waals surface area contributed by atoms with Crippen molar-refractivity contribution in [3.05, 3.63) is 40.2 Å². The second-order valence-electron chi connectivity index (χ2n) is 11.5. The van der Waals surface area contributed by atoms with Crippen LogP contribution in [0.5, 0.6) is 5.75 Å². The SMILES string of the molecule is NC(=O)C1=C(O)C2(O)C(=O)C3=C(O)c4c(O)ccc(N5CCCOCC5)c4CC3CC2C(NC2CCOCC2)C1=O. The lowest BCUT2D eigenvalue weighted by molar-refractivity contribution is -0.150. The summed E-state index contributed by atoms with van der Waals surface area (Å²) in [5.74, 6) is -6.63. The van der Waals surface area contributed by atoms with Crippen molar-refractivity contribution in [1.29, 1.82) is 0 Å². The molecule has 12 nitrogen and oxygen atoms in total. The molecule has 0 bridgehead atoms. The van der Waals surface area contributed by atoms with Crippen LogP contribution in [0.25, 0.3) is 5.76 Å². The first-order valence-electron chi connectivity index (χ1n) is 14.1. The molecule has 4 unspecified atom stereocenters. The molecule has 0 aromatic heterocycles. The van der Waals surface area contributed by atoms with Crippen LogP contribution in [0.4, 0.5) is 5.69 Å². The van der Waals surface area contributed by atoms with Gasteiger partial charge in [-0.2, -0.15) is 0 Å². The number of amides is 1. The average Bonchev–Trinajstić information content (AvgIpc) is 3.23. The number of hydrogen-bond donors (Lipinski definition) is 6. The first-order valence-corrected chi connectivity index (χ1v) is 14.1. The van der Waals surface area contributed by atoms with Crippen molar-refractivity contribution >= 4 is 28.9 Å². The number of aliphatic hydroxyl groups is 3.